The van der Waals surface area contributed by atoms with Gasteiger partial charge in [0.05, 0.1) is 11.7 Å². The van der Waals surface area contributed by atoms with Gasteiger partial charge in [-0.1, -0.05) is 12.8 Å². The van der Waals surface area contributed by atoms with Crippen molar-refractivity contribution < 1.29 is 9.84 Å². The van der Waals surface area contributed by atoms with Crippen molar-refractivity contribution >= 4 is 0 Å². The lowest BCUT2D eigenvalue weighted by Gasteiger charge is -2.27. The minimum Gasteiger partial charge on any atom is -0.389 e. The van der Waals surface area contributed by atoms with Crippen molar-refractivity contribution in [1.82, 2.24) is 5.32 Å². The Balaban J connectivity index is 1.72. The van der Waals surface area contributed by atoms with E-state index in [1.807, 2.05) is 0 Å². The van der Waals surface area contributed by atoms with Gasteiger partial charge in [0.15, 0.2) is 0 Å². The first-order valence-electron chi connectivity index (χ1n) is 6.27. The molecule has 2 N–H and O–H groups in total. The van der Waals surface area contributed by atoms with Gasteiger partial charge in [-0.2, -0.15) is 0 Å². The molecule has 0 aromatic heterocycles. The minimum absolute atomic E-state index is 0.356. The molecule has 2 atom stereocenters. The van der Waals surface area contributed by atoms with E-state index in [4.69, 9.17) is 4.74 Å². The summed E-state index contributed by atoms with van der Waals surface area (Å²) in [6.45, 7) is 3.79. The Morgan fingerprint density at radius 3 is 2.73 bits per heavy atom. The third kappa shape index (κ3) is 2.92. The molecule has 1 aliphatic heterocycles. The van der Waals surface area contributed by atoms with Crippen molar-refractivity contribution in [2.45, 2.75) is 63.2 Å². The fourth-order valence-corrected chi connectivity index (χ4v) is 2.69. The van der Waals surface area contributed by atoms with Gasteiger partial charge in [-0.25, -0.2) is 0 Å². The standard InChI is InChI=1S/C12H23NO2/c1-10(11-5-4-8-15-11)13-9-12(14)6-2-3-7-12/h10-11,13-14H,2-9H2,1H3. The van der Waals surface area contributed by atoms with Crippen LogP contribution in [-0.2, 0) is 4.74 Å². The van der Waals surface area contributed by atoms with Gasteiger partial charge in [-0.15, -0.1) is 0 Å². The number of hydrogen-bond donors (Lipinski definition) is 2. The van der Waals surface area contributed by atoms with Gasteiger partial charge >= 0.3 is 0 Å². The Morgan fingerprint density at radius 1 is 1.40 bits per heavy atom. The predicted molar refractivity (Wildman–Crippen MR) is 59.9 cm³/mol. The zero-order chi connectivity index (χ0) is 10.7. The van der Waals surface area contributed by atoms with E-state index in [1.165, 1.54) is 19.3 Å². The second-order valence-electron chi connectivity index (χ2n) is 5.15. The topological polar surface area (TPSA) is 41.5 Å². The lowest BCUT2D eigenvalue weighted by molar-refractivity contribution is 0.0317. The quantitative estimate of drug-likeness (QED) is 0.742. The van der Waals surface area contributed by atoms with Crippen LogP contribution in [0.2, 0.25) is 0 Å². The molecule has 3 nitrogen and oxygen atoms in total. The van der Waals surface area contributed by atoms with E-state index in [0.29, 0.717) is 12.1 Å². The summed E-state index contributed by atoms with van der Waals surface area (Å²) in [6, 6.07) is 0.372. The molecule has 3 heteroatoms. The molecule has 0 aromatic rings. The second-order valence-corrected chi connectivity index (χ2v) is 5.15. The predicted octanol–water partition coefficient (Wildman–Crippen LogP) is 1.45. The van der Waals surface area contributed by atoms with Crippen LogP contribution in [0, 0.1) is 0 Å². The summed E-state index contributed by atoms with van der Waals surface area (Å²) in [5.74, 6) is 0. The highest BCUT2D eigenvalue weighted by Crippen LogP contribution is 2.29. The molecule has 1 saturated carbocycles. The Morgan fingerprint density at radius 2 is 2.13 bits per heavy atom. The molecule has 2 unspecified atom stereocenters. The van der Waals surface area contributed by atoms with Crippen LogP contribution in [0.25, 0.3) is 0 Å². The molecule has 2 aliphatic rings. The second kappa shape index (κ2) is 4.81. The summed E-state index contributed by atoms with van der Waals surface area (Å²) in [4.78, 5) is 0. The van der Waals surface area contributed by atoms with Crippen molar-refractivity contribution in [1.29, 1.82) is 0 Å². The highest BCUT2D eigenvalue weighted by Gasteiger charge is 2.32. The lowest BCUT2D eigenvalue weighted by Crippen LogP contribution is -2.45. The average Bonchev–Trinajstić information content (AvgIpc) is 2.85. The third-order valence-electron chi connectivity index (χ3n) is 3.81. The van der Waals surface area contributed by atoms with Crippen molar-refractivity contribution in [3.8, 4) is 0 Å². The van der Waals surface area contributed by atoms with Gasteiger partial charge in [0.25, 0.3) is 0 Å². The van der Waals surface area contributed by atoms with Gasteiger partial charge < -0.3 is 15.2 Å². The SMILES string of the molecule is CC(NCC1(O)CCCC1)C1CCCO1. The maximum atomic E-state index is 10.2. The lowest BCUT2D eigenvalue weighted by atomic mass is 10.0. The highest BCUT2D eigenvalue weighted by molar-refractivity contribution is 4.88. The molecule has 1 heterocycles. The minimum atomic E-state index is -0.438. The molecule has 15 heavy (non-hydrogen) atoms. The molecule has 0 spiro atoms. The zero-order valence-electron chi connectivity index (χ0n) is 9.67. The molecular weight excluding hydrogens is 190 g/mol. The average molecular weight is 213 g/mol. The van der Waals surface area contributed by atoms with Crippen LogP contribution in [0.5, 0.6) is 0 Å². The van der Waals surface area contributed by atoms with Crippen molar-refractivity contribution in [3.05, 3.63) is 0 Å². The van der Waals surface area contributed by atoms with E-state index in [-0.39, 0.29) is 0 Å². The number of aliphatic hydroxyl groups is 1. The van der Waals surface area contributed by atoms with E-state index >= 15 is 0 Å². The maximum Gasteiger partial charge on any atom is 0.0771 e. The van der Waals surface area contributed by atoms with E-state index in [9.17, 15) is 5.11 Å². The molecule has 0 bridgehead atoms. The van der Waals surface area contributed by atoms with Crippen molar-refractivity contribution in [2.24, 2.45) is 0 Å². The van der Waals surface area contributed by atoms with Crippen molar-refractivity contribution in [2.75, 3.05) is 13.2 Å². The van der Waals surface area contributed by atoms with Gasteiger partial charge in [-0.3, -0.25) is 0 Å². The largest absolute Gasteiger partial charge is 0.389 e. The highest BCUT2D eigenvalue weighted by atomic mass is 16.5. The number of rotatable bonds is 4. The van der Waals surface area contributed by atoms with Crippen LogP contribution in [0.15, 0.2) is 0 Å². The summed E-state index contributed by atoms with van der Waals surface area (Å²) in [7, 11) is 0. The number of hydrogen-bond acceptors (Lipinski definition) is 3. The molecule has 88 valence electrons. The number of ether oxygens (including phenoxy) is 1. The van der Waals surface area contributed by atoms with E-state index in [0.717, 1.165) is 32.4 Å². The van der Waals surface area contributed by atoms with Crippen LogP contribution < -0.4 is 5.32 Å². The van der Waals surface area contributed by atoms with E-state index in [2.05, 4.69) is 12.2 Å². The van der Waals surface area contributed by atoms with Crippen LogP contribution in [0.1, 0.15) is 45.4 Å². The normalized spacial score (nSPS) is 32.0. The van der Waals surface area contributed by atoms with Gasteiger partial charge in [0, 0.05) is 19.2 Å². The van der Waals surface area contributed by atoms with Crippen LogP contribution in [-0.4, -0.2) is 36.0 Å². The Hall–Kier alpha value is -0.120. The molecule has 1 aliphatic carbocycles. The maximum absolute atomic E-state index is 10.2. The van der Waals surface area contributed by atoms with Gasteiger partial charge in [0.2, 0.25) is 0 Å². The first-order valence-corrected chi connectivity index (χ1v) is 6.27. The van der Waals surface area contributed by atoms with Crippen LogP contribution in [0.4, 0.5) is 0 Å². The third-order valence-corrected chi connectivity index (χ3v) is 3.81. The zero-order valence-corrected chi connectivity index (χ0v) is 9.67. The molecule has 0 aromatic carbocycles. The van der Waals surface area contributed by atoms with Crippen molar-refractivity contribution in [3.63, 3.8) is 0 Å². The first kappa shape index (κ1) is 11.4. The smallest absolute Gasteiger partial charge is 0.0771 e. The Bertz CT molecular complexity index is 196. The molecular formula is C12H23NO2. The molecule has 1 saturated heterocycles. The fraction of sp³-hybridized carbons (Fsp3) is 1.00. The summed E-state index contributed by atoms with van der Waals surface area (Å²) in [5, 5.41) is 13.6. The summed E-state index contributed by atoms with van der Waals surface area (Å²) in [6.07, 6.45) is 6.96. The molecule has 0 radical (unpaired) electrons. The Kier molecular flexibility index (Phi) is 3.65. The molecule has 2 rings (SSSR count). The van der Waals surface area contributed by atoms with E-state index < -0.39 is 5.60 Å². The molecule has 2 fully saturated rings. The van der Waals surface area contributed by atoms with E-state index in [1.54, 1.807) is 0 Å². The van der Waals surface area contributed by atoms with Gasteiger partial charge in [-0.05, 0) is 32.6 Å². The van der Waals surface area contributed by atoms with Crippen LogP contribution in [0.3, 0.4) is 0 Å². The summed E-state index contributed by atoms with van der Waals surface area (Å²) in [5.41, 5.74) is -0.438. The summed E-state index contributed by atoms with van der Waals surface area (Å²) < 4.78 is 5.62. The first-order chi connectivity index (χ1) is 7.20. The monoisotopic (exact) mass is 213 g/mol. The van der Waals surface area contributed by atoms with Gasteiger partial charge in [0.1, 0.15) is 0 Å². The molecule has 0 amide bonds. The number of nitrogens with one attached hydrogen (secondary N) is 1. The fourth-order valence-electron chi connectivity index (χ4n) is 2.69. The summed E-state index contributed by atoms with van der Waals surface area (Å²) >= 11 is 0. The Labute approximate surface area is 92.2 Å². The van der Waals surface area contributed by atoms with Crippen LogP contribution >= 0.6 is 0 Å².